The van der Waals surface area contributed by atoms with E-state index < -0.39 is 5.82 Å². The van der Waals surface area contributed by atoms with Gasteiger partial charge in [-0.2, -0.15) is 0 Å². The summed E-state index contributed by atoms with van der Waals surface area (Å²) in [6, 6.07) is 3.04. The lowest BCUT2D eigenvalue weighted by molar-refractivity contribution is 0.0920. The fourth-order valence-electron chi connectivity index (χ4n) is 2.03. The molecule has 0 spiro atoms. The second-order valence-electron chi connectivity index (χ2n) is 4.45. The van der Waals surface area contributed by atoms with Gasteiger partial charge in [0, 0.05) is 12.1 Å². The Morgan fingerprint density at radius 3 is 2.65 bits per heavy atom. The van der Waals surface area contributed by atoms with Crippen LogP contribution in [-0.2, 0) is 0 Å². The molecule has 1 amide bonds. The monoisotopic (exact) mass is 237 g/mol. The van der Waals surface area contributed by atoms with Gasteiger partial charge in [-0.15, -0.1) is 0 Å². The van der Waals surface area contributed by atoms with E-state index in [9.17, 15) is 9.18 Å². The van der Waals surface area contributed by atoms with E-state index in [-0.39, 0.29) is 23.7 Å². The molecule has 0 unspecified atom stereocenters. The predicted molar refractivity (Wildman–Crippen MR) is 61.9 cm³/mol. The SMILES string of the molecule is NC1CCC(NC(=O)c2ccc(F)cn2)CC1. The van der Waals surface area contributed by atoms with Gasteiger partial charge < -0.3 is 11.1 Å². The van der Waals surface area contributed by atoms with Crippen LogP contribution < -0.4 is 11.1 Å². The van der Waals surface area contributed by atoms with E-state index in [4.69, 9.17) is 5.73 Å². The maximum absolute atomic E-state index is 12.6. The third-order valence-corrected chi connectivity index (χ3v) is 3.07. The molecular weight excluding hydrogens is 221 g/mol. The third kappa shape index (κ3) is 3.23. The molecule has 0 aliphatic heterocycles. The number of nitrogens with zero attached hydrogens (tertiary/aromatic N) is 1. The average Bonchev–Trinajstić information content (AvgIpc) is 2.33. The first kappa shape index (κ1) is 12.0. The van der Waals surface area contributed by atoms with Gasteiger partial charge in [-0.05, 0) is 37.8 Å². The topological polar surface area (TPSA) is 68.0 Å². The molecule has 1 aliphatic rings. The van der Waals surface area contributed by atoms with Gasteiger partial charge in [-0.3, -0.25) is 4.79 Å². The van der Waals surface area contributed by atoms with Crippen molar-refractivity contribution < 1.29 is 9.18 Å². The zero-order chi connectivity index (χ0) is 12.3. The number of amides is 1. The van der Waals surface area contributed by atoms with E-state index in [1.807, 2.05) is 0 Å². The van der Waals surface area contributed by atoms with Crippen molar-refractivity contribution in [3.05, 3.63) is 29.8 Å². The van der Waals surface area contributed by atoms with Crippen molar-refractivity contribution >= 4 is 5.91 Å². The number of rotatable bonds is 2. The van der Waals surface area contributed by atoms with E-state index in [0.29, 0.717) is 0 Å². The molecule has 0 radical (unpaired) electrons. The molecule has 0 bridgehead atoms. The lowest BCUT2D eigenvalue weighted by Crippen LogP contribution is -2.40. The summed E-state index contributed by atoms with van der Waals surface area (Å²) >= 11 is 0. The fourth-order valence-corrected chi connectivity index (χ4v) is 2.03. The van der Waals surface area contributed by atoms with Crippen LogP contribution in [0.1, 0.15) is 36.2 Å². The second kappa shape index (κ2) is 5.23. The van der Waals surface area contributed by atoms with Crippen LogP contribution in [0.3, 0.4) is 0 Å². The molecule has 4 nitrogen and oxygen atoms in total. The van der Waals surface area contributed by atoms with Gasteiger partial charge in [0.25, 0.3) is 5.91 Å². The molecule has 0 atom stereocenters. The fraction of sp³-hybridized carbons (Fsp3) is 0.500. The molecule has 0 aromatic carbocycles. The summed E-state index contributed by atoms with van der Waals surface area (Å²) < 4.78 is 12.6. The van der Waals surface area contributed by atoms with Crippen LogP contribution in [0.4, 0.5) is 4.39 Å². The summed E-state index contributed by atoms with van der Waals surface area (Å²) in [6.45, 7) is 0. The van der Waals surface area contributed by atoms with E-state index in [1.165, 1.54) is 12.1 Å². The minimum atomic E-state index is -0.440. The highest BCUT2D eigenvalue weighted by atomic mass is 19.1. The van der Waals surface area contributed by atoms with Crippen LogP contribution in [0, 0.1) is 5.82 Å². The van der Waals surface area contributed by atoms with E-state index in [0.717, 1.165) is 31.9 Å². The molecule has 1 heterocycles. The molecule has 1 fully saturated rings. The quantitative estimate of drug-likeness (QED) is 0.812. The van der Waals surface area contributed by atoms with E-state index >= 15 is 0 Å². The lowest BCUT2D eigenvalue weighted by atomic mass is 9.92. The zero-order valence-corrected chi connectivity index (χ0v) is 9.53. The number of nitrogens with two attached hydrogens (primary N) is 1. The minimum absolute atomic E-state index is 0.161. The molecule has 5 heteroatoms. The van der Waals surface area contributed by atoms with Crippen LogP contribution >= 0.6 is 0 Å². The molecule has 17 heavy (non-hydrogen) atoms. The number of carbonyl (C=O) groups is 1. The Balaban J connectivity index is 1.91. The lowest BCUT2D eigenvalue weighted by Gasteiger charge is -2.26. The van der Waals surface area contributed by atoms with Crippen molar-refractivity contribution in [3.63, 3.8) is 0 Å². The van der Waals surface area contributed by atoms with Crippen molar-refractivity contribution in [2.45, 2.75) is 37.8 Å². The maximum atomic E-state index is 12.6. The summed E-state index contributed by atoms with van der Waals surface area (Å²) in [5.74, 6) is -0.685. The van der Waals surface area contributed by atoms with Gasteiger partial charge in [0.15, 0.2) is 0 Å². The molecule has 0 saturated heterocycles. The van der Waals surface area contributed by atoms with E-state index in [2.05, 4.69) is 10.3 Å². The third-order valence-electron chi connectivity index (χ3n) is 3.07. The Hall–Kier alpha value is -1.49. The Morgan fingerprint density at radius 1 is 1.35 bits per heavy atom. The van der Waals surface area contributed by atoms with Crippen molar-refractivity contribution in [1.29, 1.82) is 0 Å². The van der Waals surface area contributed by atoms with Crippen molar-refractivity contribution in [2.75, 3.05) is 0 Å². The molecular formula is C12H16FN3O. The summed E-state index contributed by atoms with van der Waals surface area (Å²) in [7, 11) is 0. The highest BCUT2D eigenvalue weighted by Crippen LogP contribution is 2.17. The van der Waals surface area contributed by atoms with Gasteiger partial charge >= 0.3 is 0 Å². The first-order valence-corrected chi connectivity index (χ1v) is 5.83. The van der Waals surface area contributed by atoms with Gasteiger partial charge in [-0.25, -0.2) is 9.37 Å². The maximum Gasteiger partial charge on any atom is 0.270 e. The molecule has 92 valence electrons. The number of carbonyl (C=O) groups excluding carboxylic acids is 1. The Labute approximate surface area is 99.4 Å². The Morgan fingerprint density at radius 2 is 2.06 bits per heavy atom. The minimum Gasteiger partial charge on any atom is -0.348 e. The summed E-state index contributed by atoms with van der Waals surface area (Å²) in [5, 5.41) is 2.90. The van der Waals surface area contributed by atoms with Crippen molar-refractivity contribution in [1.82, 2.24) is 10.3 Å². The van der Waals surface area contributed by atoms with Crippen LogP contribution in [0.25, 0.3) is 0 Å². The van der Waals surface area contributed by atoms with Crippen molar-refractivity contribution in [2.24, 2.45) is 5.73 Å². The molecule has 1 aliphatic carbocycles. The number of nitrogens with one attached hydrogen (secondary N) is 1. The predicted octanol–water partition coefficient (Wildman–Crippen LogP) is 1.22. The number of pyridine rings is 1. The molecule has 3 N–H and O–H groups in total. The van der Waals surface area contributed by atoms with Crippen LogP contribution in [0.5, 0.6) is 0 Å². The zero-order valence-electron chi connectivity index (χ0n) is 9.53. The number of aromatic nitrogens is 1. The molecule has 1 aromatic heterocycles. The number of hydrogen-bond acceptors (Lipinski definition) is 3. The highest BCUT2D eigenvalue weighted by Gasteiger charge is 2.20. The summed E-state index contributed by atoms with van der Waals surface area (Å²) in [5.41, 5.74) is 6.04. The summed E-state index contributed by atoms with van der Waals surface area (Å²) in [4.78, 5) is 15.5. The largest absolute Gasteiger partial charge is 0.348 e. The van der Waals surface area contributed by atoms with Crippen LogP contribution in [-0.4, -0.2) is 23.0 Å². The summed E-state index contributed by atoms with van der Waals surface area (Å²) in [6.07, 6.45) is 4.71. The van der Waals surface area contributed by atoms with Crippen LogP contribution in [0.2, 0.25) is 0 Å². The van der Waals surface area contributed by atoms with Crippen LogP contribution in [0.15, 0.2) is 18.3 Å². The number of halogens is 1. The van der Waals surface area contributed by atoms with Gasteiger partial charge in [0.05, 0.1) is 6.20 Å². The Bertz CT molecular complexity index is 385. The first-order valence-electron chi connectivity index (χ1n) is 5.83. The smallest absolute Gasteiger partial charge is 0.270 e. The van der Waals surface area contributed by atoms with Crippen molar-refractivity contribution in [3.8, 4) is 0 Å². The van der Waals surface area contributed by atoms with E-state index in [1.54, 1.807) is 0 Å². The van der Waals surface area contributed by atoms with Gasteiger partial charge in [0.2, 0.25) is 0 Å². The average molecular weight is 237 g/mol. The van der Waals surface area contributed by atoms with Gasteiger partial charge in [0.1, 0.15) is 11.5 Å². The number of hydrogen-bond donors (Lipinski definition) is 2. The molecule has 1 saturated carbocycles. The standard InChI is InChI=1S/C12H16FN3O/c13-8-1-6-11(15-7-8)12(17)16-10-4-2-9(14)3-5-10/h1,6-7,9-10H,2-5,14H2,(H,16,17). The highest BCUT2D eigenvalue weighted by molar-refractivity contribution is 5.92. The van der Waals surface area contributed by atoms with Gasteiger partial charge in [-0.1, -0.05) is 0 Å². The Kier molecular flexibility index (Phi) is 3.68. The first-order chi connectivity index (χ1) is 8.15. The molecule has 1 aromatic rings. The second-order valence-corrected chi connectivity index (χ2v) is 4.45. The normalized spacial score (nSPS) is 24.4. The molecule has 2 rings (SSSR count).